The molecule has 1 saturated carbocycles. The molecule has 1 aromatic carbocycles. The average Bonchev–Trinajstić information content (AvgIpc) is 3.51. The van der Waals surface area contributed by atoms with Crippen LogP contribution in [-0.4, -0.2) is 59.2 Å². The van der Waals surface area contributed by atoms with Crippen molar-refractivity contribution in [2.45, 2.75) is 52.0 Å². The molecule has 6 nitrogen and oxygen atoms in total. The fourth-order valence-electron chi connectivity index (χ4n) is 4.61. The van der Waals surface area contributed by atoms with Gasteiger partial charge in [-0.1, -0.05) is 32.0 Å². The molecule has 2 heterocycles. The van der Waals surface area contributed by atoms with Crippen molar-refractivity contribution in [1.82, 2.24) is 20.0 Å². The van der Waals surface area contributed by atoms with Gasteiger partial charge < -0.3 is 9.64 Å². The summed E-state index contributed by atoms with van der Waals surface area (Å²) in [5, 5.41) is 7.42. The molecular weight excluding hydrogens is 388 g/mol. The number of benzene rings is 1. The third-order valence-corrected chi connectivity index (χ3v) is 6.48. The third kappa shape index (κ3) is 5.67. The Morgan fingerprint density at radius 2 is 1.97 bits per heavy atom. The summed E-state index contributed by atoms with van der Waals surface area (Å²) in [4.78, 5) is 17.7. The number of H-pyrrole nitrogens is 1. The standard InChI is InChI=1S/C25H36N4O2/c1-18(2)15-29(25(30)23-14-22(26-27-23)20-8-9-20)16-19-10-12-28(13-11-19)17-21-6-4-5-7-24(21)31-3/h4-7,14,18-20H,8-13,15-17H2,1-3H3,(H,26,27). The van der Waals surface area contributed by atoms with Crippen LogP contribution in [-0.2, 0) is 6.54 Å². The molecule has 168 valence electrons. The van der Waals surface area contributed by atoms with E-state index in [9.17, 15) is 4.79 Å². The average molecular weight is 425 g/mol. The van der Waals surface area contributed by atoms with Crippen molar-refractivity contribution >= 4 is 5.91 Å². The summed E-state index contributed by atoms with van der Waals surface area (Å²) in [5.74, 6) is 2.60. The van der Waals surface area contributed by atoms with Gasteiger partial charge in [0.05, 0.1) is 7.11 Å². The molecule has 1 aliphatic carbocycles. The molecule has 2 aliphatic rings. The first-order valence-electron chi connectivity index (χ1n) is 11.7. The fourth-order valence-corrected chi connectivity index (χ4v) is 4.61. The van der Waals surface area contributed by atoms with Crippen molar-refractivity contribution < 1.29 is 9.53 Å². The first kappa shape index (κ1) is 21.9. The summed E-state index contributed by atoms with van der Waals surface area (Å²) in [6, 6.07) is 10.2. The second-order valence-corrected chi connectivity index (χ2v) is 9.62. The highest BCUT2D eigenvalue weighted by molar-refractivity contribution is 5.92. The zero-order chi connectivity index (χ0) is 21.8. The number of ether oxygens (including phenoxy) is 1. The zero-order valence-electron chi connectivity index (χ0n) is 19.1. The fraction of sp³-hybridized carbons (Fsp3) is 0.600. The van der Waals surface area contributed by atoms with Gasteiger partial charge >= 0.3 is 0 Å². The predicted molar refractivity (Wildman–Crippen MR) is 122 cm³/mol. The Hall–Kier alpha value is -2.34. The van der Waals surface area contributed by atoms with Gasteiger partial charge in [-0.3, -0.25) is 14.8 Å². The number of carbonyl (C=O) groups is 1. The van der Waals surface area contributed by atoms with Gasteiger partial charge in [0.1, 0.15) is 11.4 Å². The summed E-state index contributed by atoms with van der Waals surface area (Å²) < 4.78 is 5.51. The van der Waals surface area contributed by atoms with Crippen LogP contribution in [0.1, 0.15) is 67.2 Å². The van der Waals surface area contributed by atoms with Gasteiger partial charge in [-0.05, 0) is 62.7 Å². The molecule has 0 bridgehead atoms. The molecule has 2 fully saturated rings. The van der Waals surface area contributed by atoms with Crippen LogP contribution in [0.4, 0.5) is 0 Å². The zero-order valence-corrected chi connectivity index (χ0v) is 19.1. The van der Waals surface area contributed by atoms with Gasteiger partial charge in [-0.15, -0.1) is 0 Å². The lowest BCUT2D eigenvalue weighted by atomic mass is 9.95. The molecular formula is C25H36N4O2. The van der Waals surface area contributed by atoms with Gasteiger partial charge in [0.25, 0.3) is 5.91 Å². The molecule has 1 saturated heterocycles. The molecule has 31 heavy (non-hydrogen) atoms. The molecule has 0 atom stereocenters. The van der Waals surface area contributed by atoms with Crippen LogP contribution in [0.2, 0.25) is 0 Å². The first-order chi connectivity index (χ1) is 15.0. The summed E-state index contributed by atoms with van der Waals surface area (Å²) in [7, 11) is 1.73. The molecule has 1 N–H and O–H groups in total. The van der Waals surface area contributed by atoms with Crippen molar-refractivity contribution in [2.75, 3.05) is 33.3 Å². The van der Waals surface area contributed by atoms with E-state index in [1.807, 2.05) is 23.1 Å². The lowest BCUT2D eigenvalue weighted by molar-refractivity contribution is 0.0657. The number of rotatable bonds is 9. The Labute approximate surface area is 186 Å². The Kier molecular flexibility index (Phi) is 6.96. The molecule has 0 unspecified atom stereocenters. The Balaban J connectivity index is 1.33. The smallest absolute Gasteiger partial charge is 0.274 e. The van der Waals surface area contributed by atoms with Crippen LogP contribution >= 0.6 is 0 Å². The maximum absolute atomic E-state index is 13.2. The predicted octanol–water partition coefficient (Wildman–Crippen LogP) is 4.31. The molecule has 0 spiro atoms. The van der Waals surface area contributed by atoms with E-state index in [1.165, 1.54) is 18.4 Å². The number of para-hydroxylation sites is 1. The number of hydrogen-bond donors (Lipinski definition) is 1. The van der Waals surface area contributed by atoms with Gasteiger partial charge in [-0.25, -0.2) is 0 Å². The molecule has 6 heteroatoms. The minimum absolute atomic E-state index is 0.0771. The summed E-state index contributed by atoms with van der Waals surface area (Å²) in [6.07, 6.45) is 4.65. The van der Waals surface area contributed by atoms with E-state index in [1.54, 1.807) is 7.11 Å². The van der Waals surface area contributed by atoms with Crippen LogP contribution in [0, 0.1) is 11.8 Å². The number of carbonyl (C=O) groups excluding carboxylic acids is 1. The monoisotopic (exact) mass is 424 g/mol. The minimum atomic E-state index is 0.0771. The van der Waals surface area contributed by atoms with E-state index in [4.69, 9.17) is 4.74 Å². The van der Waals surface area contributed by atoms with E-state index in [0.29, 0.717) is 23.4 Å². The molecule has 0 radical (unpaired) electrons. The Bertz CT molecular complexity index is 866. The highest BCUT2D eigenvalue weighted by atomic mass is 16.5. The molecule has 1 aromatic heterocycles. The Morgan fingerprint density at radius 1 is 1.23 bits per heavy atom. The van der Waals surface area contributed by atoms with Crippen LogP contribution in [0.25, 0.3) is 0 Å². The second-order valence-electron chi connectivity index (χ2n) is 9.62. The quantitative estimate of drug-likeness (QED) is 0.652. The number of likely N-dealkylation sites (tertiary alicyclic amines) is 1. The maximum Gasteiger partial charge on any atom is 0.274 e. The largest absolute Gasteiger partial charge is 0.496 e. The number of amides is 1. The van der Waals surface area contributed by atoms with Crippen molar-refractivity contribution in [2.24, 2.45) is 11.8 Å². The molecule has 1 aliphatic heterocycles. The summed E-state index contributed by atoms with van der Waals surface area (Å²) in [5.41, 5.74) is 2.94. The van der Waals surface area contributed by atoms with Gasteiger partial charge in [0.2, 0.25) is 0 Å². The first-order valence-corrected chi connectivity index (χ1v) is 11.7. The number of aromatic nitrogens is 2. The normalized spacial score (nSPS) is 17.8. The van der Waals surface area contributed by atoms with Crippen LogP contribution in [0.5, 0.6) is 5.75 Å². The lowest BCUT2D eigenvalue weighted by Crippen LogP contribution is -2.42. The SMILES string of the molecule is COc1ccccc1CN1CCC(CN(CC(C)C)C(=O)c2cc(C3CC3)[nH]n2)CC1. The summed E-state index contributed by atoms with van der Waals surface area (Å²) >= 11 is 0. The third-order valence-electron chi connectivity index (χ3n) is 6.48. The highest BCUT2D eigenvalue weighted by Gasteiger charge is 2.29. The van der Waals surface area contributed by atoms with Crippen molar-refractivity contribution in [1.29, 1.82) is 0 Å². The number of nitrogens with one attached hydrogen (secondary N) is 1. The number of methoxy groups -OCH3 is 1. The van der Waals surface area contributed by atoms with Crippen LogP contribution < -0.4 is 4.74 Å². The minimum Gasteiger partial charge on any atom is -0.496 e. The van der Waals surface area contributed by atoms with E-state index in [0.717, 1.165) is 57.0 Å². The van der Waals surface area contributed by atoms with Crippen LogP contribution in [0.15, 0.2) is 30.3 Å². The number of hydrogen-bond acceptors (Lipinski definition) is 4. The molecule has 4 rings (SSSR count). The summed E-state index contributed by atoms with van der Waals surface area (Å²) in [6.45, 7) is 8.99. The van der Waals surface area contributed by atoms with Gasteiger partial charge in [0, 0.05) is 36.8 Å². The second kappa shape index (κ2) is 9.86. The highest BCUT2D eigenvalue weighted by Crippen LogP contribution is 2.39. The van der Waals surface area contributed by atoms with Crippen molar-refractivity contribution in [3.63, 3.8) is 0 Å². The number of aromatic amines is 1. The van der Waals surface area contributed by atoms with E-state index < -0.39 is 0 Å². The number of piperidine rings is 1. The maximum atomic E-state index is 13.2. The number of nitrogens with zero attached hydrogens (tertiary/aromatic N) is 3. The van der Waals surface area contributed by atoms with Gasteiger partial charge in [-0.2, -0.15) is 5.10 Å². The van der Waals surface area contributed by atoms with E-state index >= 15 is 0 Å². The lowest BCUT2D eigenvalue weighted by Gasteiger charge is -2.35. The molecule has 2 aromatic rings. The van der Waals surface area contributed by atoms with Crippen molar-refractivity contribution in [3.8, 4) is 5.75 Å². The molecule has 1 amide bonds. The Morgan fingerprint density at radius 3 is 2.65 bits per heavy atom. The van der Waals surface area contributed by atoms with Crippen LogP contribution in [0.3, 0.4) is 0 Å². The van der Waals surface area contributed by atoms with E-state index in [2.05, 4.69) is 41.1 Å². The van der Waals surface area contributed by atoms with E-state index in [-0.39, 0.29) is 5.91 Å². The van der Waals surface area contributed by atoms with Gasteiger partial charge in [0.15, 0.2) is 0 Å². The van der Waals surface area contributed by atoms with Crippen molar-refractivity contribution in [3.05, 3.63) is 47.3 Å². The topological polar surface area (TPSA) is 61.5 Å².